The minimum absolute atomic E-state index is 0.0261. The zero-order chi connectivity index (χ0) is 30.1. The zero-order valence-corrected chi connectivity index (χ0v) is 28.4. The summed E-state index contributed by atoms with van der Waals surface area (Å²) in [5.74, 6) is -0.273. The van der Waals surface area contributed by atoms with E-state index < -0.39 is 11.9 Å². The molecule has 6 nitrogen and oxygen atoms in total. The monoisotopic (exact) mass is 636 g/mol. The number of allylic oxidation sites excluding steroid dienone is 2. The van der Waals surface area contributed by atoms with Crippen molar-refractivity contribution in [1.29, 1.82) is 0 Å². The smallest absolute Gasteiger partial charge is 0.306 e. The molecule has 0 rings (SSSR count). The fraction of sp³-hybridized carbons (Fsp3) is 0.800. The number of carbonyl (C=O) groups is 2. The number of thiol groups is 1. The van der Waals surface area contributed by atoms with Crippen LogP contribution in [0.5, 0.6) is 0 Å². The zero-order valence-electron chi connectivity index (χ0n) is 25.1. The van der Waals surface area contributed by atoms with Crippen molar-refractivity contribution >= 4 is 69.4 Å². The third-order valence-corrected chi connectivity index (χ3v) is 7.62. The molecule has 234 valence electrons. The number of thiocarbonyl (C=S) groups is 2. The number of rotatable bonds is 25. The summed E-state index contributed by atoms with van der Waals surface area (Å²) in [7, 11) is 0. The van der Waals surface area contributed by atoms with E-state index in [0.717, 1.165) is 22.9 Å². The summed E-state index contributed by atoms with van der Waals surface area (Å²) in [5.41, 5.74) is 0. The van der Waals surface area contributed by atoms with Gasteiger partial charge in [-0.1, -0.05) is 133 Å². The molecule has 0 unspecified atom stereocenters. The average molecular weight is 637 g/mol. The lowest BCUT2D eigenvalue weighted by molar-refractivity contribution is -0.147. The molecule has 0 aliphatic carbocycles. The van der Waals surface area contributed by atoms with Gasteiger partial charge in [-0.25, -0.2) is 0 Å². The molecular formula is C30H56N2O4S4. The van der Waals surface area contributed by atoms with Crippen LogP contribution >= 0.6 is 48.8 Å². The van der Waals surface area contributed by atoms with Crippen LogP contribution in [0.3, 0.4) is 0 Å². The average Bonchev–Trinajstić information content (AvgIpc) is 2.92. The Morgan fingerprint density at radius 2 is 1.30 bits per heavy atom. The van der Waals surface area contributed by atoms with E-state index in [1.807, 2.05) is 0 Å². The number of carboxylic acids is 1. The van der Waals surface area contributed by atoms with E-state index in [9.17, 15) is 9.59 Å². The number of esters is 1. The van der Waals surface area contributed by atoms with Crippen LogP contribution in [0.4, 0.5) is 0 Å². The van der Waals surface area contributed by atoms with Crippen molar-refractivity contribution in [2.45, 2.75) is 136 Å². The largest absolute Gasteiger partial charge is 0.481 e. The number of hydrogen-bond acceptors (Lipinski definition) is 6. The van der Waals surface area contributed by atoms with Crippen LogP contribution in [0.15, 0.2) is 12.2 Å². The summed E-state index contributed by atoms with van der Waals surface area (Å²) in [6.07, 6.45) is 25.8. The first kappa shape index (κ1) is 41.3. The van der Waals surface area contributed by atoms with Gasteiger partial charge in [0.05, 0.1) is 26.1 Å². The lowest BCUT2D eigenvalue weighted by Crippen LogP contribution is -2.32. The number of carbonyl (C=O) groups excluding carboxylic acids is 1. The predicted octanol–water partition coefficient (Wildman–Crippen LogP) is 8.98. The Kier molecular flexibility index (Phi) is 35.5. The summed E-state index contributed by atoms with van der Waals surface area (Å²) in [4.78, 5) is 21.5. The summed E-state index contributed by atoms with van der Waals surface area (Å²) in [5, 5.41) is 14.4. The van der Waals surface area contributed by atoms with Crippen LogP contribution in [0, 0.1) is 0 Å². The third-order valence-electron chi connectivity index (χ3n) is 5.92. The number of hydrogen-bond donors (Lipinski definition) is 4. The third kappa shape index (κ3) is 39.3. The van der Waals surface area contributed by atoms with Gasteiger partial charge in [0.15, 0.2) is 0 Å². The molecule has 3 N–H and O–H groups in total. The van der Waals surface area contributed by atoms with Gasteiger partial charge in [0.1, 0.15) is 8.64 Å². The molecule has 0 fully saturated rings. The Morgan fingerprint density at radius 1 is 0.775 bits per heavy atom. The maximum Gasteiger partial charge on any atom is 0.306 e. The van der Waals surface area contributed by atoms with Gasteiger partial charge in [-0.3, -0.25) is 9.59 Å². The van der Waals surface area contributed by atoms with E-state index >= 15 is 0 Å². The van der Waals surface area contributed by atoms with E-state index in [0.29, 0.717) is 17.6 Å². The van der Waals surface area contributed by atoms with Crippen LogP contribution in [0.2, 0.25) is 0 Å². The predicted molar refractivity (Wildman–Crippen MR) is 185 cm³/mol. The van der Waals surface area contributed by atoms with E-state index in [-0.39, 0.29) is 12.8 Å². The van der Waals surface area contributed by atoms with Crippen LogP contribution in [0.25, 0.3) is 0 Å². The number of nitrogens with one attached hydrogen (secondary N) is 2. The van der Waals surface area contributed by atoms with Crippen molar-refractivity contribution in [2.75, 3.05) is 19.0 Å². The second-order valence-corrected chi connectivity index (χ2v) is 12.7. The number of carboxylic acid groups (broad SMARTS) is 1. The van der Waals surface area contributed by atoms with Crippen LogP contribution in [-0.4, -0.2) is 44.7 Å². The molecule has 0 aromatic carbocycles. The molecule has 0 amide bonds. The van der Waals surface area contributed by atoms with Crippen molar-refractivity contribution in [2.24, 2.45) is 0 Å². The Balaban J connectivity index is 0. The SMILES string of the molecule is CCCCCCCC/C=C\CCCCCCCCOC(=O)CCC(=O)O.CCCCCSC(=S)NCNC(=S)S. The maximum absolute atomic E-state index is 11.2. The molecule has 0 aliphatic heterocycles. The van der Waals surface area contributed by atoms with Crippen LogP contribution in [0.1, 0.15) is 136 Å². The fourth-order valence-corrected chi connectivity index (χ4v) is 4.76. The molecule has 0 aromatic rings. The molecule has 0 saturated heterocycles. The second kappa shape index (κ2) is 34.4. The van der Waals surface area contributed by atoms with Gasteiger partial charge >= 0.3 is 11.9 Å². The number of unbranched alkanes of at least 4 members (excludes halogenated alkanes) is 14. The highest BCUT2D eigenvalue weighted by Crippen LogP contribution is 2.10. The molecule has 0 radical (unpaired) electrons. The maximum atomic E-state index is 11.2. The highest BCUT2D eigenvalue weighted by atomic mass is 32.2. The molecule has 0 saturated carbocycles. The molecule has 0 heterocycles. The topological polar surface area (TPSA) is 87.7 Å². The Hall–Kier alpha value is -0.840. The number of aliphatic carboxylic acids is 1. The standard InChI is InChI=1S/C22H40O4.C8H16N2S4/c1-2-3-4-5-6-7-8-9-10-11-12-13-14-15-16-17-20-26-22(25)19-18-21(23)24;1-2-3-4-5-14-8(13)10-6-9-7(11)12/h9-10H,2-8,11-20H2,1H3,(H,23,24);2-6H2,1H3,(H,10,13)(H2,9,11,12)/b10-9-;. The Labute approximate surface area is 265 Å². The van der Waals surface area contributed by atoms with E-state index in [2.05, 4.69) is 49.3 Å². The molecule has 10 heteroatoms. The summed E-state index contributed by atoms with van der Waals surface area (Å²) < 4.78 is 6.30. The summed E-state index contributed by atoms with van der Waals surface area (Å²) in [6.45, 7) is 5.42. The lowest BCUT2D eigenvalue weighted by Gasteiger charge is -2.07. The fourth-order valence-electron chi connectivity index (χ4n) is 3.58. The highest BCUT2D eigenvalue weighted by Gasteiger charge is 2.05. The molecule has 40 heavy (non-hydrogen) atoms. The first-order valence-corrected chi connectivity index (χ1v) is 17.5. The van der Waals surface area contributed by atoms with Crippen molar-refractivity contribution in [3.63, 3.8) is 0 Å². The Morgan fingerprint density at radius 3 is 1.85 bits per heavy atom. The molecule has 0 bridgehead atoms. The Bertz CT molecular complexity index is 664. The second-order valence-electron chi connectivity index (χ2n) is 9.73. The molecule has 0 aromatic heterocycles. The minimum Gasteiger partial charge on any atom is -0.481 e. The lowest BCUT2D eigenvalue weighted by atomic mass is 10.1. The van der Waals surface area contributed by atoms with Gasteiger partial charge in [0.2, 0.25) is 0 Å². The van der Waals surface area contributed by atoms with Gasteiger partial charge in [0.25, 0.3) is 0 Å². The van der Waals surface area contributed by atoms with Gasteiger partial charge in [0, 0.05) is 5.75 Å². The van der Waals surface area contributed by atoms with Crippen LogP contribution in [-0.2, 0) is 14.3 Å². The minimum atomic E-state index is -0.959. The first-order valence-electron chi connectivity index (χ1n) is 15.2. The van der Waals surface area contributed by atoms with Crippen molar-refractivity contribution < 1.29 is 19.4 Å². The molecular weight excluding hydrogens is 581 g/mol. The van der Waals surface area contributed by atoms with Crippen molar-refractivity contribution in [1.82, 2.24) is 10.6 Å². The quantitative estimate of drug-likeness (QED) is 0.0196. The van der Waals surface area contributed by atoms with Gasteiger partial charge in [-0.05, 0) is 38.5 Å². The summed E-state index contributed by atoms with van der Waals surface area (Å²) in [6, 6.07) is 0. The van der Waals surface area contributed by atoms with Crippen molar-refractivity contribution in [3.05, 3.63) is 12.2 Å². The normalized spacial score (nSPS) is 10.6. The molecule has 0 aliphatic rings. The highest BCUT2D eigenvalue weighted by molar-refractivity contribution is 8.22. The van der Waals surface area contributed by atoms with Crippen LogP contribution < -0.4 is 10.6 Å². The number of thioether (sulfide) groups is 1. The number of ether oxygens (including phenoxy) is 1. The van der Waals surface area contributed by atoms with Gasteiger partial charge < -0.3 is 20.5 Å². The molecule has 0 atom stereocenters. The molecule has 0 spiro atoms. The van der Waals surface area contributed by atoms with E-state index in [1.54, 1.807) is 11.8 Å². The van der Waals surface area contributed by atoms with E-state index in [1.165, 1.54) is 96.3 Å². The van der Waals surface area contributed by atoms with Crippen molar-refractivity contribution in [3.8, 4) is 0 Å². The van der Waals surface area contributed by atoms with E-state index in [4.69, 9.17) is 34.3 Å². The summed E-state index contributed by atoms with van der Waals surface area (Å²) >= 11 is 15.4. The van der Waals surface area contributed by atoms with Gasteiger partial charge in [-0.2, -0.15) is 0 Å². The van der Waals surface area contributed by atoms with Gasteiger partial charge in [-0.15, -0.1) is 12.6 Å². The first-order chi connectivity index (χ1) is 19.3.